The summed E-state index contributed by atoms with van der Waals surface area (Å²) >= 11 is 8.33. The van der Waals surface area contributed by atoms with Crippen LogP contribution in [-0.4, -0.2) is 5.78 Å². The highest BCUT2D eigenvalue weighted by Gasteiger charge is 2.02. The van der Waals surface area contributed by atoms with E-state index in [2.05, 4.69) is 31.9 Å². The van der Waals surface area contributed by atoms with Crippen molar-refractivity contribution in [3.05, 3.63) is 61.2 Å². The van der Waals surface area contributed by atoms with Crippen molar-refractivity contribution in [1.29, 1.82) is 0 Å². The zero-order valence-electron chi connectivity index (χ0n) is 8.69. The molecule has 0 bridgehead atoms. The lowest BCUT2D eigenvalue weighted by molar-refractivity contribution is 0.104. The molecule has 1 nitrogen and oxygen atoms in total. The molecule has 0 fully saturated rings. The molecule has 0 saturated heterocycles. The fourth-order valence-electron chi connectivity index (χ4n) is 1.31. The minimum Gasteiger partial charge on any atom is -0.289 e. The summed E-state index contributed by atoms with van der Waals surface area (Å²) in [5, 5.41) is 0. The molecule has 4 heteroatoms. The number of hydrogen-bond donors (Lipinski definition) is 0. The average Bonchev–Trinajstić information content (AvgIpc) is 2.72. The van der Waals surface area contributed by atoms with E-state index in [-0.39, 0.29) is 5.78 Å². The van der Waals surface area contributed by atoms with Crippen molar-refractivity contribution in [3.63, 3.8) is 0 Å². The van der Waals surface area contributed by atoms with Crippen molar-refractivity contribution in [2.45, 2.75) is 0 Å². The number of ketones is 1. The smallest absolute Gasteiger partial charge is 0.185 e. The number of halogens is 2. The SMILES string of the molecule is O=C(C=Cc1ccc(Br)s1)c1cccc(Br)c1. The first-order chi connectivity index (χ1) is 8.15. The lowest BCUT2D eigenvalue weighted by atomic mass is 10.1. The Bertz CT molecular complexity index is 572. The van der Waals surface area contributed by atoms with E-state index in [9.17, 15) is 4.79 Å². The van der Waals surface area contributed by atoms with Gasteiger partial charge < -0.3 is 0 Å². The summed E-state index contributed by atoms with van der Waals surface area (Å²) in [6, 6.07) is 11.3. The lowest BCUT2D eigenvalue weighted by Gasteiger charge is -1.95. The number of carbonyl (C=O) groups excluding carboxylic acids is 1. The van der Waals surface area contributed by atoms with Gasteiger partial charge in [0.05, 0.1) is 3.79 Å². The highest BCUT2D eigenvalue weighted by atomic mass is 79.9. The molecule has 0 aliphatic carbocycles. The predicted molar refractivity (Wildman–Crippen MR) is 79.5 cm³/mol. The quantitative estimate of drug-likeness (QED) is 0.537. The zero-order valence-corrected chi connectivity index (χ0v) is 12.7. The second-order valence-electron chi connectivity index (χ2n) is 3.35. The second-order valence-corrected chi connectivity index (χ2v) is 6.76. The Morgan fingerprint density at radius 2 is 2.00 bits per heavy atom. The summed E-state index contributed by atoms with van der Waals surface area (Å²) in [7, 11) is 0. The molecule has 0 aliphatic heterocycles. The molecule has 1 aromatic carbocycles. The largest absolute Gasteiger partial charge is 0.289 e. The third-order valence-electron chi connectivity index (χ3n) is 2.10. The van der Waals surface area contributed by atoms with Crippen LogP contribution in [0.25, 0.3) is 6.08 Å². The van der Waals surface area contributed by atoms with Crippen molar-refractivity contribution in [2.24, 2.45) is 0 Å². The maximum Gasteiger partial charge on any atom is 0.185 e. The van der Waals surface area contributed by atoms with Crippen LogP contribution in [0.3, 0.4) is 0 Å². The maximum atomic E-state index is 11.9. The van der Waals surface area contributed by atoms with Crippen LogP contribution in [0.4, 0.5) is 0 Å². The molecule has 0 radical (unpaired) electrons. The van der Waals surface area contributed by atoms with E-state index < -0.39 is 0 Å². The van der Waals surface area contributed by atoms with Crippen molar-refractivity contribution >= 4 is 55.1 Å². The third-order valence-corrected chi connectivity index (χ3v) is 4.18. The molecule has 0 spiro atoms. The summed E-state index contributed by atoms with van der Waals surface area (Å²) in [5.74, 6) is 0.0100. The molecule has 17 heavy (non-hydrogen) atoms. The van der Waals surface area contributed by atoms with E-state index in [1.54, 1.807) is 17.4 Å². The van der Waals surface area contributed by atoms with Gasteiger partial charge in [-0.05, 0) is 52.3 Å². The lowest BCUT2D eigenvalue weighted by Crippen LogP contribution is -1.92. The van der Waals surface area contributed by atoms with Crippen LogP contribution in [-0.2, 0) is 0 Å². The number of rotatable bonds is 3. The van der Waals surface area contributed by atoms with Gasteiger partial charge in [-0.1, -0.05) is 28.1 Å². The first kappa shape index (κ1) is 12.7. The number of hydrogen-bond acceptors (Lipinski definition) is 2. The Kier molecular flexibility index (Phi) is 4.31. The molecule has 0 unspecified atom stereocenters. The standard InChI is InChI=1S/C13H8Br2OS/c14-10-3-1-2-9(8-10)12(16)6-4-11-5-7-13(15)17-11/h1-8H. The number of carbonyl (C=O) groups is 1. The van der Waals surface area contributed by atoms with Crippen LogP contribution in [0.5, 0.6) is 0 Å². The fraction of sp³-hybridized carbons (Fsp3) is 0. The molecule has 2 aromatic rings. The summed E-state index contributed by atoms with van der Waals surface area (Å²) in [6.45, 7) is 0. The minimum atomic E-state index is 0.0100. The van der Waals surface area contributed by atoms with Gasteiger partial charge in [-0.15, -0.1) is 11.3 Å². The Morgan fingerprint density at radius 1 is 1.18 bits per heavy atom. The van der Waals surface area contributed by atoms with E-state index in [0.29, 0.717) is 5.56 Å². The molecule has 0 atom stereocenters. The van der Waals surface area contributed by atoms with Crippen molar-refractivity contribution in [3.8, 4) is 0 Å². The van der Waals surface area contributed by atoms with Gasteiger partial charge in [0.2, 0.25) is 0 Å². The van der Waals surface area contributed by atoms with Gasteiger partial charge in [-0.2, -0.15) is 0 Å². The maximum absolute atomic E-state index is 11.9. The normalized spacial score (nSPS) is 10.9. The molecule has 1 heterocycles. The monoisotopic (exact) mass is 370 g/mol. The topological polar surface area (TPSA) is 17.1 Å². The van der Waals surface area contributed by atoms with Gasteiger partial charge in [-0.3, -0.25) is 4.79 Å². The van der Waals surface area contributed by atoms with E-state index in [1.165, 1.54) is 0 Å². The van der Waals surface area contributed by atoms with Crippen LogP contribution >= 0.6 is 43.2 Å². The summed E-state index contributed by atoms with van der Waals surface area (Å²) < 4.78 is 1.97. The Hall–Kier alpha value is -0.710. The number of thiophene rings is 1. The Morgan fingerprint density at radius 3 is 2.65 bits per heavy atom. The van der Waals surface area contributed by atoms with Crippen molar-refractivity contribution in [2.75, 3.05) is 0 Å². The Balaban J connectivity index is 2.14. The number of benzene rings is 1. The molecule has 0 saturated carbocycles. The predicted octanol–water partition coefficient (Wildman–Crippen LogP) is 5.17. The van der Waals surface area contributed by atoms with Crippen LogP contribution in [0.1, 0.15) is 15.2 Å². The van der Waals surface area contributed by atoms with Gasteiger partial charge in [-0.25, -0.2) is 0 Å². The molecular weight excluding hydrogens is 364 g/mol. The Labute approximate surface area is 120 Å². The number of allylic oxidation sites excluding steroid dienone is 1. The van der Waals surface area contributed by atoms with Crippen molar-refractivity contribution < 1.29 is 4.79 Å². The van der Waals surface area contributed by atoms with Crippen LogP contribution in [0.15, 0.2) is 50.7 Å². The summed E-state index contributed by atoms with van der Waals surface area (Å²) in [6.07, 6.45) is 3.43. The molecule has 0 aliphatic rings. The molecule has 1 aromatic heterocycles. The highest BCUT2D eigenvalue weighted by Crippen LogP contribution is 2.23. The fourth-order valence-corrected chi connectivity index (χ4v) is 3.04. The van der Waals surface area contributed by atoms with Gasteiger partial charge >= 0.3 is 0 Å². The second kappa shape index (κ2) is 5.76. The summed E-state index contributed by atoms with van der Waals surface area (Å²) in [5.41, 5.74) is 0.686. The first-order valence-electron chi connectivity index (χ1n) is 4.88. The molecular formula is C13H8Br2OS. The molecule has 86 valence electrons. The van der Waals surface area contributed by atoms with Gasteiger partial charge in [0.25, 0.3) is 0 Å². The third kappa shape index (κ3) is 3.63. The van der Waals surface area contributed by atoms with E-state index in [0.717, 1.165) is 13.1 Å². The van der Waals surface area contributed by atoms with E-state index >= 15 is 0 Å². The van der Waals surface area contributed by atoms with Gasteiger partial charge in [0.1, 0.15) is 0 Å². The molecule has 0 amide bonds. The first-order valence-corrected chi connectivity index (χ1v) is 7.29. The summed E-state index contributed by atoms with van der Waals surface area (Å²) in [4.78, 5) is 12.9. The van der Waals surface area contributed by atoms with E-state index in [1.807, 2.05) is 42.5 Å². The minimum absolute atomic E-state index is 0.0100. The molecule has 2 rings (SSSR count). The highest BCUT2D eigenvalue weighted by molar-refractivity contribution is 9.11. The molecule has 0 N–H and O–H groups in total. The average molecular weight is 372 g/mol. The van der Waals surface area contributed by atoms with Crippen LogP contribution in [0.2, 0.25) is 0 Å². The zero-order chi connectivity index (χ0) is 12.3. The van der Waals surface area contributed by atoms with E-state index in [4.69, 9.17) is 0 Å². The van der Waals surface area contributed by atoms with Crippen LogP contribution < -0.4 is 0 Å². The van der Waals surface area contributed by atoms with Gasteiger partial charge in [0, 0.05) is 14.9 Å². The van der Waals surface area contributed by atoms with Gasteiger partial charge in [0.15, 0.2) is 5.78 Å². The van der Waals surface area contributed by atoms with Crippen LogP contribution in [0, 0.1) is 0 Å². The van der Waals surface area contributed by atoms with Crippen molar-refractivity contribution in [1.82, 2.24) is 0 Å².